The van der Waals surface area contributed by atoms with Gasteiger partial charge < -0.3 is 5.32 Å². The van der Waals surface area contributed by atoms with Gasteiger partial charge in [-0.05, 0) is 29.8 Å². The van der Waals surface area contributed by atoms with Crippen LogP contribution in [0.1, 0.15) is 5.56 Å². The summed E-state index contributed by atoms with van der Waals surface area (Å²) >= 11 is 0. The highest BCUT2D eigenvalue weighted by atomic mass is 32.2. The van der Waals surface area contributed by atoms with Gasteiger partial charge in [0.05, 0.1) is 10.6 Å². The van der Waals surface area contributed by atoms with Gasteiger partial charge in [-0.15, -0.1) is 0 Å². The molecule has 0 radical (unpaired) electrons. The summed E-state index contributed by atoms with van der Waals surface area (Å²) in [4.78, 5) is 0.352. The highest BCUT2D eigenvalue weighted by Gasteiger charge is 2.14. The quantitative estimate of drug-likeness (QED) is 0.920. The molecule has 1 N–H and O–H groups in total. The van der Waals surface area contributed by atoms with Crippen LogP contribution < -0.4 is 5.32 Å². The Hall–Kier alpha value is -1.81. The molecule has 0 aliphatic heterocycles. The highest BCUT2D eigenvalue weighted by Crippen LogP contribution is 2.18. The molecule has 2 aromatic rings. The molecule has 0 saturated carbocycles. The molecule has 0 saturated heterocycles. The lowest BCUT2D eigenvalue weighted by atomic mass is 10.2. The predicted octanol–water partition coefficient (Wildman–Crippen LogP) is 2.70. The molecule has 0 spiro atoms. The molecule has 2 aromatic carbocycles. The third kappa shape index (κ3) is 2.90. The Bertz CT molecular complexity index is 604. The Labute approximate surface area is 107 Å². The van der Waals surface area contributed by atoms with E-state index in [-0.39, 0.29) is 5.75 Å². The molecule has 0 aliphatic rings. The van der Waals surface area contributed by atoms with Crippen LogP contribution in [-0.2, 0) is 15.6 Å². The summed E-state index contributed by atoms with van der Waals surface area (Å²) in [5, 5.41) is 2.96. The van der Waals surface area contributed by atoms with Crippen LogP contribution in [0.4, 0.5) is 5.69 Å². The average molecular weight is 261 g/mol. The zero-order valence-electron chi connectivity index (χ0n) is 10.1. The SMILES string of the molecule is CNc1ccc(S(=O)(=O)Cc2ccccc2)cc1. The smallest absolute Gasteiger partial charge is 0.182 e. The molecule has 0 fully saturated rings. The molecule has 0 aliphatic carbocycles. The minimum Gasteiger partial charge on any atom is -0.388 e. The van der Waals surface area contributed by atoms with E-state index < -0.39 is 9.84 Å². The van der Waals surface area contributed by atoms with Gasteiger partial charge in [0.15, 0.2) is 9.84 Å². The van der Waals surface area contributed by atoms with Gasteiger partial charge in [0.25, 0.3) is 0 Å². The molecule has 2 rings (SSSR count). The summed E-state index contributed by atoms with van der Waals surface area (Å²) in [6.07, 6.45) is 0. The fraction of sp³-hybridized carbons (Fsp3) is 0.143. The third-order valence-corrected chi connectivity index (χ3v) is 4.41. The van der Waals surface area contributed by atoms with Crippen LogP contribution in [0.25, 0.3) is 0 Å². The van der Waals surface area contributed by atoms with E-state index in [0.29, 0.717) is 4.90 Å². The molecule has 0 amide bonds. The molecule has 4 heteroatoms. The normalized spacial score (nSPS) is 11.2. The van der Waals surface area contributed by atoms with Crippen molar-refractivity contribution in [3.05, 3.63) is 60.2 Å². The van der Waals surface area contributed by atoms with E-state index in [1.807, 2.05) is 30.3 Å². The number of anilines is 1. The second-order valence-electron chi connectivity index (χ2n) is 4.02. The second kappa shape index (κ2) is 5.23. The molecule has 0 bridgehead atoms. The lowest BCUT2D eigenvalue weighted by molar-refractivity contribution is 0.595. The van der Waals surface area contributed by atoms with Crippen LogP contribution in [0.3, 0.4) is 0 Å². The van der Waals surface area contributed by atoms with Crippen molar-refractivity contribution < 1.29 is 8.42 Å². The molecule has 3 nitrogen and oxygen atoms in total. The minimum atomic E-state index is -3.27. The average Bonchev–Trinajstić information content (AvgIpc) is 2.39. The number of nitrogens with one attached hydrogen (secondary N) is 1. The van der Waals surface area contributed by atoms with Crippen molar-refractivity contribution in [1.82, 2.24) is 0 Å². The van der Waals surface area contributed by atoms with Crippen LogP contribution in [0, 0.1) is 0 Å². The lowest BCUT2D eigenvalue weighted by Crippen LogP contribution is -2.04. The Morgan fingerprint density at radius 3 is 2.11 bits per heavy atom. The molecule has 18 heavy (non-hydrogen) atoms. The number of rotatable bonds is 4. The number of benzene rings is 2. The second-order valence-corrected chi connectivity index (χ2v) is 6.01. The van der Waals surface area contributed by atoms with Crippen LogP contribution in [0.5, 0.6) is 0 Å². The monoisotopic (exact) mass is 261 g/mol. The molecular formula is C14H15NO2S. The van der Waals surface area contributed by atoms with Crippen LogP contribution in [0.2, 0.25) is 0 Å². The Balaban J connectivity index is 2.25. The third-order valence-electron chi connectivity index (χ3n) is 2.70. The van der Waals surface area contributed by atoms with Crippen molar-refractivity contribution >= 4 is 15.5 Å². The Morgan fingerprint density at radius 1 is 0.944 bits per heavy atom. The Kier molecular flexibility index (Phi) is 3.67. The van der Waals surface area contributed by atoms with E-state index in [4.69, 9.17) is 0 Å². The van der Waals surface area contributed by atoms with E-state index in [9.17, 15) is 8.42 Å². The molecule has 0 heterocycles. The fourth-order valence-electron chi connectivity index (χ4n) is 1.71. The highest BCUT2D eigenvalue weighted by molar-refractivity contribution is 7.90. The number of sulfone groups is 1. The largest absolute Gasteiger partial charge is 0.388 e. The maximum Gasteiger partial charge on any atom is 0.182 e. The summed E-state index contributed by atoms with van der Waals surface area (Å²) in [6.45, 7) is 0. The van der Waals surface area contributed by atoms with E-state index in [1.165, 1.54) is 0 Å². The van der Waals surface area contributed by atoms with Crippen LogP contribution in [0.15, 0.2) is 59.5 Å². The van der Waals surface area contributed by atoms with Gasteiger partial charge in [-0.3, -0.25) is 0 Å². The summed E-state index contributed by atoms with van der Waals surface area (Å²) < 4.78 is 24.4. The van der Waals surface area contributed by atoms with Gasteiger partial charge in [-0.2, -0.15) is 0 Å². The summed E-state index contributed by atoms with van der Waals surface area (Å²) in [6, 6.07) is 16.0. The predicted molar refractivity (Wildman–Crippen MR) is 73.3 cm³/mol. The summed E-state index contributed by atoms with van der Waals surface area (Å²) in [5.74, 6) is 0.0345. The van der Waals surface area contributed by atoms with Gasteiger partial charge >= 0.3 is 0 Å². The first-order valence-corrected chi connectivity index (χ1v) is 7.31. The zero-order chi connectivity index (χ0) is 13.0. The first kappa shape index (κ1) is 12.6. The molecular weight excluding hydrogens is 246 g/mol. The topological polar surface area (TPSA) is 46.2 Å². The molecule has 0 unspecified atom stereocenters. The van der Waals surface area contributed by atoms with Crippen molar-refractivity contribution in [2.75, 3.05) is 12.4 Å². The molecule has 94 valence electrons. The van der Waals surface area contributed by atoms with E-state index in [2.05, 4.69) is 5.32 Å². The standard InChI is InChI=1S/C14H15NO2S/c1-15-13-7-9-14(10-8-13)18(16,17)11-12-5-3-2-4-6-12/h2-10,15H,11H2,1H3. The summed E-state index contributed by atoms with van der Waals surface area (Å²) in [5.41, 5.74) is 1.70. The van der Waals surface area contributed by atoms with Gasteiger partial charge in [0, 0.05) is 12.7 Å². The first-order chi connectivity index (χ1) is 8.62. The lowest BCUT2D eigenvalue weighted by Gasteiger charge is -2.06. The van der Waals surface area contributed by atoms with Crippen molar-refractivity contribution in [2.24, 2.45) is 0 Å². The maximum atomic E-state index is 12.2. The van der Waals surface area contributed by atoms with Crippen LogP contribution >= 0.6 is 0 Å². The summed E-state index contributed by atoms with van der Waals surface area (Å²) in [7, 11) is -1.47. The van der Waals surface area contributed by atoms with Crippen LogP contribution in [-0.4, -0.2) is 15.5 Å². The van der Waals surface area contributed by atoms with Crippen molar-refractivity contribution in [3.63, 3.8) is 0 Å². The van der Waals surface area contributed by atoms with E-state index >= 15 is 0 Å². The van der Waals surface area contributed by atoms with Crippen molar-refractivity contribution in [1.29, 1.82) is 0 Å². The fourth-order valence-corrected chi connectivity index (χ4v) is 3.05. The van der Waals surface area contributed by atoms with E-state index in [0.717, 1.165) is 11.3 Å². The van der Waals surface area contributed by atoms with Crippen molar-refractivity contribution in [3.8, 4) is 0 Å². The van der Waals surface area contributed by atoms with Gasteiger partial charge in [-0.1, -0.05) is 30.3 Å². The zero-order valence-corrected chi connectivity index (χ0v) is 10.9. The number of hydrogen-bond donors (Lipinski definition) is 1. The van der Waals surface area contributed by atoms with E-state index in [1.54, 1.807) is 31.3 Å². The van der Waals surface area contributed by atoms with Gasteiger partial charge in [-0.25, -0.2) is 8.42 Å². The minimum absolute atomic E-state index is 0.0345. The molecule has 0 atom stereocenters. The maximum absolute atomic E-state index is 12.2. The van der Waals surface area contributed by atoms with Gasteiger partial charge in [0.2, 0.25) is 0 Å². The first-order valence-electron chi connectivity index (χ1n) is 5.66. The Morgan fingerprint density at radius 2 is 1.56 bits per heavy atom. The molecule has 0 aromatic heterocycles. The number of hydrogen-bond acceptors (Lipinski definition) is 3. The van der Waals surface area contributed by atoms with Crippen molar-refractivity contribution in [2.45, 2.75) is 10.6 Å². The van der Waals surface area contributed by atoms with Gasteiger partial charge in [0.1, 0.15) is 0 Å².